The zero-order valence-corrected chi connectivity index (χ0v) is 43.1. The van der Waals surface area contributed by atoms with Crippen molar-refractivity contribution in [2.24, 2.45) is 0 Å². The summed E-state index contributed by atoms with van der Waals surface area (Å²) in [4.78, 5) is 27.8. The van der Waals surface area contributed by atoms with E-state index in [4.69, 9.17) is 11.6 Å². The van der Waals surface area contributed by atoms with Crippen LogP contribution in [0.1, 0.15) is 93.3 Å². The number of rotatable bonds is 15. The summed E-state index contributed by atoms with van der Waals surface area (Å²) in [5.74, 6) is -2.04. The Balaban J connectivity index is 1.18. The Kier molecular flexibility index (Phi) is 13.6. The molecule has 2 heterocycles. The highest BCUT2D eigenvalue weighted by atomic mass is 79.9. The normalized spacial score (nSPS) is 15.7. The minimum atomic E-state index is -4.20. The lowest BCUT2D eigenvalue weighted by molar-refractivity contribution is 0.0972. The van der Waals surface area contributed by atoms with Crippen LogP contribution in [0.2, 0.25) is 5.02 Å². The molecule has 0 saturated carbocycles. The van der Waals surface area contributed by atoms with E-state index in [9.17, 15) is 26.4 Å². The van der Waals surface area contributed by atoms with Crippen LogP contribution in [0, 0.1) is 13.8 Å². The van der Waals surface area contributed by atoms with Crippen molar-refractivity contribution in [3.63, 3.8) is 0 Å². The number of hydrogen-bond donors (Lipinski definition) is 3. The SMILES string of the molecule is CCCCCS(=O)(=O)NC(=O)c1ccc2c(c1)C(Cc1ccc(-c3ccccc3)cc1Cl)C(C)(n1c(C)c(Cc3ccc4ccccc4c3Br)c3cc(C(=O)NS(=O)(=O)c4ccc(C)cc4)ccc31)N2. The lowest BCUT2D eigenvalue weighted by Crippen LogP contribution is -2.41. The zero-order valence-electron chi connectivity index (χ0n) is 39.1. The molecule has 9 rings (SSSR count). The first-order chi connectivity index (χ1) is 33.5. The molecule has 70 heavy (non-hydrogen) atoms. The highest BCUT2D eigenvalue weighted by Crippen LogP contribution is 2.51. The van der Waals surface area contributed by atoms with Crippen LogP contribution < -0.4 is 14.8 Å². The number of amides is 2. The van der Waals surface area contributed by atoms with E-state index in [1.165, 1.54) is 12.1 Å². The second-order valence-corrected chi connectivity index (χ2v) is 23.0. The van der Waals surface area contributed by atoms with Crippen molar-refractivity contribution < 1.29 is 26.4 Å². The first kappa shape index (κ1) is 48.8. The van der Waals surface area contributed by atoms with E-state index in [-0.39, 0.29) is 21.8 Å². The van der Waals surface area contributed by atoms with Gasteiger partial charge >= 0.3 is 0 Å². The summed E-state index contributed by atoms with van der Waals surface area (Å²) >= 11 is 11.1. The van der Waals surface area contributed by atoms with Crippen molar-refractivity contribution in [3.05, 3.63) is 200 Å². The van der Waals surface area contributed by atoms with E-state index in [0.717, 1.165) is 89.3 Å². The van der Waals surface area contributed by atoms with Gasteiger partial charge in [-0.1, -0.05) is 128 Å². The van der Waals surface area contributed by atoms with E-state index in [0.29, 0.717) is 24.3 Å². The first-order valence-electron chi connectivity index (χ1n) is 23.2. The maximum absolute atomic E-state index is 14.0. The molecular formula is C56H52BrClN4O6S2. The van der Waals surface area contributed by atoms with Crippen molar-refractivity contribution in [3.8, 4) is 11.1 Å². The molecular weight excluding hydrogens is 1000 g/mol. The Labute approximate surface area is 422 Å². The number of nitrogens with one attached hydrogen (secondary N) is 3. The highest BCUT2D eigenvalue weighted by molar-refractivity contribution is 9.10. The summed E-state index contributed by atoms with van der Waals surface area (Å²) < 4.78 is 60.9. The molecule has 3 N–H and O–H groups in total. The molecule has 0 spiro atoms. The van der Waals surface area contributed by atoms with Gasteiger partial charge in [-0.2, -0.15) is 0 Å². The largest absolute Gasteiger partial charge is 0.362 e. The van der Waals surface area contributed by atoms with Crippen LogP contribution >= 0.6 is 27.5 Å². The number of sulfonamides is 2. The van der Waals surface area contributed by atoms with Gasteiger partial charge in [0.25, 0.3) is 21.8 Å². The summed E-state index contributed by atoms with van der Waals surface area (Å²) in [6, 6.07) is 45.1. The first-order valence-corrected chi connectivity index (χ1v) is 27.5. The molecule has 2 atom stereocenters. The van der Waals surface area contributed by atoms with Crippen LogP contribution in [0.3, 0.4) is 0 Å². The monoisotopic (exact) mass is 1050 g/mol. The fraction of sp³-hybridized carbons (Fsp3) is 0.214. The number of anilines is 1. The predicted octanol–water partition coefficient (Wildman–Crippen LogP) is 12.6. The van der Waals surface area contributed by atoms with Crippen LogP contribution in [0.15, 0.2) is 155 Å². The van der Waals surface area contributed by atoms with Crippen LogP contribution in [-0.2, 0) is 38.6 Å². The Bertz CT molecular complexity index is 3580. The Hall–Kier alpha value is -6.25. The number of aryl methyl sites for hydroxylation is 1. The molecule has 2 unspecified atom stereocenters. The minimum Gasteiger partial charge on any atom is -0.362 e. The minimum absolute atomic E-state index is 0.0220. The van der Waals surface area contributed by atoms with Gasteiger partial charge in [0.2, 0.25) is 10.0 Å². The van der Waals surface area contributed by atoms with Crippen molar-refractivity contribution >= 4 is 86.8 Å². The number of halogens is 2. The molecule has 0 bridgehead atoms. The molecule has 0 radical (unpaired) electrons. The molecule has 0 fully saturated rings. The van der Waals surface area contributed by atoms with Gasteiger partial charge in [-0.3, -0.25) is 9.59 Å². The number of nitrogens with zero attached hydrogens (tertiary/aromatic N) is 1. The van der Waals surface area contributed by atoms with Crippen LogP contribution in [0.25, 0.3) is 32.8 Å². The summed E-state index contributed by atoms with van der Waals surface area (Å²) in [5, 5.41) is 7.28. The lowest BCUT2D eigenvalue weighted by Gasteiger charge is -2.37. The van der Waals surface area contributed by atoms with E-state index >= 15 is 0 Å². The smallest absolute Gasteiger partial charge is 0.265 e. The Morgan fingerprint density at radius 3 is 2.16 bits per heavy atom. The highest BCUT2D eigenvalue weighted by Gasteiger charge is 2.46. The van der Waals surface area contributed by atoms with E-state index < -0.39 is 43.4 Å². The van der Waals surface area contributed by atoms with E-state index in [1.54, 1.807) is 36.4 Å². The van der Waals surface area contributed by atoms with E-state index in [1.807, 2.05) is 93.6 Å². The summed E-state index contributed by atoms with van der Waals surface area (Å²) in [6.07, 6.45) is 2.88. The van der Waals surface area contributed by atoms with Gasteiger partial charge in [-0.05, 0) is 148 Å². The third-order valence-electron chi connectivity index (χ3n) is 13.5. The third-order valence-corrected chi connectivity index (χ3v) is 17.5. The molecule has 1 aromatic heterocycles. The second-order valence-electron chi connectivity index (χ2n) is 18.3. The van der Waals surface area contributed by atoms with Gasteiger partial charge in [-0.15, -0.1) is 0 Å². The van der Waals surface area contributed by atoms with Crippen molar-refractivity contribution in [2.45, 2.75) is 76.3 Å². The number of unbranched alkanes of at least 4 members (excludes halogenated alkanes) is 2. The number of aromatic nitrogens is 1. The summed E-state index contributed by atoms with van der Waals surface area (Å²) in [6.45, 7) is 7.98. The number of hydrogen-bond acceptors (Lipinski definition) is 7. The molecule has 0 aliphatic carbocycles. The average molecular weight is 1060 g/mol. The van der Waals surface area contributed by atoms with E-state index in [2.05, 4.69) is 66.4 Å². The Morgan fingerprint density at radius 1 is 0.729 bits per heavy atom. The van der Waals surface area contributed by atoms with Crippen molar-refractivity contribution in [2.75, 3.05) is 11.1 Å². The third kappa shape index (κ3) is 9.64. The van der Waals surface area contributed by atoms with Crippen molar-refractivity contribution in [1.82, 2.24) is 14.0 Å². The lowest BCUT2D eigenvalue weighted by atomic mass is 9.83. The maximum atomic E-state index is 14.0. The molecule has 14 heteroatoms. The van der Waals surface area contributed by atoms with Crippen molar-refractivity contribution in [1.29, 1.82) is 0 Å². The Morgan fingerprint density at radius 2 is 1.41 bits per heavy atom. The van der Waals surface area contributed by atoms with Gasteiger partial charge < -0.3 is 9.88 Å². The number of carbonyl (C=O) groups excluding carboxylic acids is 2. The number of carbonyl (C=O) groups is 2. The maximum Gasteiger partial charge on any atom is 0.265 e. The zero-order chi connectivity index (χ0) is 49.5. The summed E-state index contributed by atoms with van der Waals surface area (Å²) in [7, 11) is -8.08. The molecule has 358 valence electrons. The molecule has 0 saturated heterocycles. The van der Waals surface area contributed by atoms with Gasteiger partial charge in [0.05, 0.1) is 16.2 Å². The summed E-state index contributed by atoms with van der Waals surface area (Å²) in [5.41, 5.74) is 8.25. The second kappa shape index (κ2) is 19.5. The van der Waals surface area contributed by atoms with Crippen LogP contribution in [0.4, 0.5) is 5.69 Å². The predicted molar refractivity (Wildman–Crippen MR) is 285 cm³/mol. The van der Waals surface area contributed by atoms with Gasteiger partial charge in [-0.25, -0.2) is 26.3 Å². The standard InChI is InChI=1S/C56H52BrClN4O6S2/c1-5-6-12-29-69(65,66)60-54(63)42-23-27-51-48(32-42)49(33-40-21-20-39(34-50(40)58)37-13-8-7-9-14-37)56(4,59-51)62-36(3)46(30-41-22-19-38-15-10-11-16-45(38)53(41)57)47-31-43(24-28-52(47)62)55(64)61-70(67,68)44-25-17-35(2)18-26-44/h7-11,13-28,31-32,34,49,59H,5-6,12,29-30,33H2,1-4H3,(H,60,63)(H,61,64). The molecule has 1 aliphatic rings. The topological polar surface area (TPSA) is 143 Å². The fourth-order valence-corrected chi connectivity index (χ4v) is 12.8. The number of benzene rings is 7. The molecule has 2 amide bonds. The molecule has 8 aromatic rings. The molecule has 1 aliphatic heterocycles. The van der Waals surface area contributed by atoms with Gasteiger partial charge in [0.1, 0.15) is 5.66 Å². The number of fused-ring (bicyclic) bond motifs is 3. The molecule has 10 nitrogen and oxygen atoms in total. The quantitative estimate of drug-likeness (QED) is 0.0868. The van der Waals surface area contributed by atoms with Gasteiger partial charge in [0.15, 0.2) is 0 Å². The van der Waals surface area contributed by atoms with Crippen LogP contribution in [0.5, 0.6) is 0 Å². The fourth-order valence-electron chi connectivity index (χ4n) is 9.83. The van der Waals surface area contributed by atoms with Crippen LogP contribution in [-0.4, -0.2) is 39.0 Å². The molecule has 7 aromatic carbocycles. The van der Waals surface area contributed by atoms with Gasteiger partial charge in [0, 0.05) is 49.7 Å². The average Bonchev–Trinajstić information content (AvgIpc) is 3.78.